The number of hydrogen-bond acceptors (Lipinski definition) is 6. The Kier molecular flexibility index (Phi) is 11.0. The molecule has 2 amide bonds. The summed E-state index contributed by atoms with van der Waals surface area (Å²) < 4.78 is 18.7. The lowest BCUT2D eigenvalue weighted by atomic mass is 9.98. The van der Waals surface area contributed by atoms with Gasteiger partial charge in [0.1, 0.15) is 29.8 Å². The van der Waals surface area contributed by atoms with Crippen molar-refractivity contribution in [2.24, 2.45) is 0 Å². The molecule has 2 atom stereocenters. The second-order valence-corrected chi connectivity index (χ2v) is 10.5. The molecule has 0 radical (unpaired) electrons. The van der Waals surface area contributed by atoms with Gasteiger partial charge in [0, 0.05) is 10.9 Å². The van der Waals surface area contributed by atoms with E-state index in [4.69, 9.17) is 14.2 Å². The number of methoxy groups -OCH3 is 2. The summed E-state index contributed by atoms with van der Waals surface area (Å²) in [5.41, 5.74) is 3.29. The van der Waals surface area contributed by atoms with E-state index in [0.717, 1.165) is 17.5 Å². The number of aryl methyl sites for hydroxylation is 1. The lowest BCUT2D eigenvalue weighted by Gasteiger charge is -2.26. The molecule has 0 fully saturated rings. The van der Waals surface area contributed by atoms with Crippen molar-refractivity contribution in [3.05, 3.63) is 95.2 Å². The van der Waals surface area contributed by atoms with Gasteiger partial charge in [-0.2, -0.15) is 0 Å². The molecule has 4 rings (SSSR count). The first-order valence-electron chi connectivity index (χ1n) is 14.5. The number of carbonyl (C=O) groups is 3. The van der Waals surface area contributed by atoms with Gasteiger partial charge in [-0.15, -0.1) is 0 Å². The Morgan fingerprint density at radius 3 is 2.20 bits per heavy atom. The fraction of sp³-hybridized carbons (Fsp3) is 0.324. The molecule has 0 saturated heterocycles. The van der Waals surface area contributed by atoms with Gasteiger partial charge in [0.25, 0.3) is 5.91 Å². The molecule has 10 nitrogen and oxygen atoms in total. The first kappa shape index (κ1) is 32.1. The van der Waals surface area contributed by atoms with E-state index < -0.39 is 36.4 Å². The van der Waals surface area contributed by atoms with Crippen LogP contribution in [0.1, 0.15) is 53.0 Å². The van der Waals surface area contributed by atoms with E-state index in [-0.39, 0.29) is 18.9 Å². The summed E-state index contributed by atoms with van der Waals surface area (Å²) in [6.45, 7) is 3.64. The second-order valence-electron chi connectivity index (χ2n) is 10.5. The number of para-hydroxylation sites is 1. The van der Waals surface area contributed by atoms with Crippen molar-refractivity contribution in [3.8, 4) is 11.5 Å². The number of carboxylic acid groups (broad SMARTS) is 1. The Hall–Kier alpha value is -4.83. The molecule has 0 bridgehead atoms. The van der Waals surface area contributed by atoms with Crippen LogP contribution in [0.15, 0.2) is 72.8 Å². The Balaban J connectivity index is 1.64. The number of hydrogen-bond donors (Lipinski definition) is 3. The van der Waals surface area contributed by atoms with Crippen LogP contribution in [0, 0.1) is 6.92 Å². The lowest BCUT2D eigenvalue weighted by Crippen LogP contribution is -2.50. The van der Waals surface area contributed by atoms with Crippen LogP contribution >= 0.6 is 0 Å². The predicted octanol–water partition coefficient (Wildman–Crippen LogP) is 5.02. The van der Waals surface area contributed by atoms with Crippen LogP contribution < -0.4 is 20.1 Å². The zero-order chi connectivity index (χ0) is 31.6. The zero-order valence-corrected chi connectivity index (χ0v) is 25.5. The van der Waals surface area contributed by atoms with Crippen molar-refractivity contribution in [1.82, 2.24) is 15.2 Å². The van der Waals surface area contributed by atoms with Gasteiger partial charge < -0.3 is 34.5 Å². The topological polar surface area (TPSA) is 128 Å². The summed E-state index contributed by atoms with van der Waals surface area (Å²) in [5.74, 6) is -0.984. The van der Waals surface area contributed by atoms with Crippen LogP contribution in [0.25, 0.3) is 10.9 Å². The average Bonchev–Trinajstić information content (AvgIpc) is 3.38. The number of nitrogens with zero attached hydrogens (tertiary/aromatic N) is 1. The molecule has 4 aromatic rings. The number of carboxylic acids is 1. The summed E-state index contributed by atoms with van der Waals surface area (Å²) >= 11 is 0. The molecular formula is C34H39N3O7. The fourth-order valence-electron chi connectivity index (χ4n) is 5.25. The number of benzene rings is 3. The summed E-state index contributed by atoms with van der Waals surface area (Å²) in [6, 6.07) is 20.5. The third-order valence-corrected chi connectivity index (χ3v) is 7.29. The molecule has 1 unspecified atom stereocenters. The standard InChI is InChI=1S/C34H39N3O7/c1-5-11-25(32-29(42-3)16-22(2)17-30(32)43-4)35-33(40)26(21-44-20-23-12-7-6-8-13-23)36-34(41)28-18-24-14-9-10-15-27(24)37(28)19-31(38)39/h6-10,12-18,25-26H,5,11,19-21H2,1-4H3,(H,35,40)(H,36,41)(H,38,39)/t25?,26-/m1/s1. The second kappa shape index (κ2) is 15.1. The highest BCUT2D eigenvalue weighted by Crippen LogP contribution is 2.37. The summed E-state index contributed by atoms with van der Waals surface area (Å²) in [5, 5.41) is 16.2. The van der Waals surface area contributed by atoms with Gasteiger partial charge in [-0.25, -0.2) is 0 Å². The Morgan fingerprint density at radius 2 is 1.57 bits per heavy atom. The third-order valence-electron chi connectivity index (χ3n) is 7.29. The number of fused-ring (bicyclic) bond motifs is 1. The molecule has 10 heteroatoms. The molecule has 0 aliphatic heterocycles. The van der Waals surface area contributed by atoms with Crippen molar-refractivity contribution >= 4 is 28.7 Å². The molecule has 1 heterocycles. The molecule has 232 valence electrons. The Labute approximate surface area is 256 Å². The van der Waals surface area contributed by atoms with E-state index in [1.54, 1.807) is 38.5 Å². The minimum atomic E-state index is -1.09. The maximum atomic E-state index is 13.9. The highest BCUT2D eigenvalue weighted by Gasteiger charge is 2.29. The number of carbonyl (C=O) groups excluding carboxylic acids is 2. The first-order valence-corrected chi connectivity index (χ1v) is 14.5. The molecule has 0 saturated carbocycles. The van der Waals surface area contributed by atoms with Crippen molar-refractivity contribution in [2.75, 3.05) is 20.8 Å². The fourth-order valence-corrected chi connectivity index (χ4v) is 5.25. The van der Waals surface area contributed by atoms with Gasteiger partial charge in [-0.3, -0.25) is 14.4 Å². The SMILES string of the molecule is CCCC(NC(=O)[C@@H](COCc1ccccc1)NC(=O)c1cc2ccccc2n1CC(=O)O)c1c(OC)cc(C)cc1OC. The minimum absolute atomic E-state index is 0.118. The van der Waals surface area contributed by atoms with Gasteiger partial charge in [0.2, 0.25) is 5.91 Å². The largest absolute Gasteiger partial charge is 0.496 e. The number of nitrogens with one attached hydrogen (secondary N) is 2. The average molecular weight is 602 g/mol. The van der Waals surface area contributed by atoms with Crippen molar-refractivity contribution in [1.29, 1.82) is 0 Å². The van der Waals surface area contributed by atoms with Crippen LogP contribution in [0.5, 0.6) is 11.5 Å². The van der Waals surface area contributed by atoms with Crippen LogP contribution in [0.2, 0.25) is 0 Å². The normalized spacial score (nSPS) is 12.4. The van der Waals surface area contributed by atoms with Crippen molar-refractivity contribution in [3.63, 3.8) is 0 Å². The Bertz CT molecular complexity index is 1570. The number of aromatic nitrogens is 1. The van der Waals surface area contributed by atoms with Crippen LogP contribution in [0.3, 0.4) is 0 Å². The highest BCUT2D eigenvalue weighted by atomic mass is 16.5. The molecule has 3 N–H and O–H groups in total. The molecule has 0 aliphatic carbocycles. The predicted molar refractivity (Wildman–Crippen MR) is 167 cm³/mol. The van der Waals surface area contributed by atoms with Gasteiger partial charge in [-0.05, 0) is 48.7 Å². The van der Waals surface area contributed by atoms with Gasteiger partial charge in [0.05, 0.1) is 39.0 Å². The third kappa shape index (κ3) is 7.76. The summed E-state index contributed by atoms with van der Waals surface area (Å²) in [6.07, 6.45) is 1.34. The smallest absolute Gasteiger partial charge is 0.323 e. The monoisotopic (exact) mass is 601 g/mol. The van der Waals surface area contributed by atoms with E-state index in [2.05, 4.69) is 10.6 Å². The molecule has 0 aliphatic rings. The van der Waals surface area contributed by atoms with Crippen LogP contribution in [-0.4, -0.2) is 54.3 Å². The lowest BCUT2D eigenvalue weighted by molar-refractivity contribution is -0.137. The maximum Gasteiger partial charge on any atom is 0.323 e. The minimum Gasteiger partial charge on any atom is -0.496 e. The van der Waals surface area contributed by atoms with E-state index in [0.29, 0.717) is 34.4 Å². The van der Waals surface area contributed by atoms with Gasteiger partial charge in [0.15, 0.2) is 0 Å². The van der Waals surface area contributed by atoms with E-state index >= 15 is 0 Å². The maximum absolute atomic E-state index is 13.9. The van der Waals surface area contributed by atoms with E-state index in [1.165, 1.54) is 4.57 Å². The Morgan fingerprint density at radius 1 is 0.909 bits per heavy atom. The quantitative estimate of drug-likeness (QED) is 0.175. The molecule has 44 heavy (non-hydrogen) atoms. The van der Waals surface area contributed by atoms with E-state index in [1.807, 2.05) is 62.4 Å². The molecule has 1 aromatic heterocycles. The zero-order valence-electron chi connectivity index (χ0n) is 25.5. The summed E-state index contributed by atoms with van der Waals surface area (Å²) in [4.78, 5) is 39.3. The molecule has 0 spiro atoms. The molecular weight excluding hydrogens is 562 g/mol. The van der Waals surface area contributed by atoms with Crippen LogP contribution in [0.4, 0.5) is 0 Å². The number of ether oxygens (including phenoxy) is 3. The van der Waals surface area contributed by atoms with Gasteiger partial charge >= 0.3 is 5.97 Å². The van der Waals surface area contributed by atoms with Crippen LogP contribution in [-0.2, 0) is 27.5 Å². The molecule has 3 aromatic carbocycles. The van der Waals surface area contributed by atoms with Crippen molar-refractivity contribution < 1.29 is 33.7 Å². The van der Waals surface area contributed by atoms with Crippen molar-refractivity contribution in [2.45, 2.75) is 51.9 Å². The number of amides is 2. The summed E-state index contributed by atoms with van der Waals surface area (Å²) in [7, 11) is 3.14. The van der Waals surface area contributed by atoms with Gasteiger partial charge in [-0.1, -0.05) is 61.9 Å². The van der Waals surface area contributed by atoms with E-state index in [9.17, 15) is 19.5 Å². The number of rotatable bonds is 15. The number of aliphatic carboxylic acids is 1. The highest BCUT2D eigenvalue weighted by molar-refractivity contribution is 6.01. The first-order chi connectivity index (χ1) is 21.2.